The van der Waals surface area contributed by atoms with E-state index in [1.807, 2.05) is 12.1 Å². The Morgan fingerprint density at radius 2 is 1.94 bits per heavy atom. The molecule has 88 valence electrons. The fourth-order valence-corrected chi connectivity index (χ4v) is 3.33. The fraction of sp³-hybridized carbons (Fsp3) is 0.538. The molecule has 0 aromatic heterocycles. The molecule has 4 atom stereocenters. The molecule has 0 aliphatic heterocycles. The number of halogens is 1. The van der Waals surface area contributed by atoms with E-state index in [1.165, 1.54) is 11.1 Å². The quantitative estimate of drug-likeness (QED) is 0.876. The minimum atomic E-state index is -0.421. The predicted molar refractivity (Wildman–Crippen MR) is 67.4 cm³/mol. The van der Waals surface area contributed by atoms with Crippen LogP contribution in [0.5, 0.6) is 0 Å². The Labute approximate surface area is 104 Å². The zero-order chi connectivity index (χ0) is 11.9. The molecule has 0 bridgehead atoms. The molecule has 0 radical (unpaired) electrons. The molecule has 2 N–H and O–H groups in total. The van der Waals surface area contributed by atoms with Crippen LogP contribution in [0.4, 0.5) is 0 Å². The molecule has 2 nitrogen and oxygen atoms in total. The van der Waals surface area contributed by atoms with E-state index >= 15 is 0 Å². The van der Waals surface area contributed by atoms with Crippen LogP contribution in [-0.4, -0.2) is 22.4 Å². The molecule has 1 aromatic carbocycles. The van der Waals surface area contributed by atoms with E-state index in [2.05, 4.69) is 22.0 Å². The lowest BCUT2D eigenvalue weighted by Gasteiger charge is -2.25. The van der Waals surface area contributed by atoms with Gasteiger partial charge in [0.1, 0.15) is 0 Å². The molecule has 3 heteroatoms. The van der Waals surface area contributed by atoms with Crippen molar-refractivity contribution in [1.29, 1.82) is 0 Å². The van der Waals surface area contributed by atoms with Crippen LogP contribution >= 0.6 is 15.9 Å². The van der Waals surface area contributed by atoms with Crippen molar-refractivity contribution in [2.75, 3.05) is 0 Å². The average molecular weight is 285 g/mol. The summed E-state index contributed by atoms with van der Waals surface area (Å²) in [5.74, 6) is 0.168. The maximum absolute atomic E-state index is 9.88. The van der Waals surface area contributed by atoms with Crippen LogP contribution in [0, 0.1) is 5.92 Å². The van der Waals surface area contributed by atoms with Gasteiger partial charge in [0, 0.05) is 10.4 Å². The van der Waals surface area contributed by atoms with E-state index in [9.17, 15) is 10.2 Å². The summed E-state index contributed by atoms with van der Waals surface area (Å²) in [5, 5.41) is 19.7. The lowest BCUT2D eigenvalue weighted by atomic mass is 9.85. The molecule has 0 saturated carbocycles. The standard InChI is InChI=1S/C13H17BrO2/c1-7(15)10-6-11-9(13(10)8(2)16)4-3-5-12(11)14/h3-5,7-8,10,13,15-16H,6H2,1-2H3/t7?,8?,10-,13+/m0/s1. The van der Waals surface area contributed by atoms with Crippen LogP contribution in [0.2, 0.25) is 0 Å². The largest absolute Gasteiger partial charge is 0.393 e. The van der Waals surface area contributed by atoms with Gasteiger partial charge < -0.3 is 10.2 Å². The maximum atomic E-state index is 9.88. The fourth-order valence-electron chi connectivity index (χ4n) is 2.78. The van der Waals surface area contributed by atoms with Crippen molar-refractivity contribution in [3.8, 4) is 0 Å². The Balaban J connectivity index is 2.45. The molecule has 0 saturated heterocycles. The van der Waals surface area contributed by atoms with Crippen molar-refractivity contribution >= 4 is 15.9 Å². The van der Waals surface area contributed by atoms with Crippen LogP contribution < -0.4 is 0 Å². The number of hydrogen-bond donors (Lipinski definition) is 2. The Kier molecular flexibility index (Phi) is 3.38. The first-order valence-electron chi connectivity index (χ1n) is 5.65. The summed E-state index contributed by atoms with van der Waals surface area (Å²) in [6.45, 7) is 3.61. The molecule has 0 heterocycles. The minimum absolute atomic E-state index is 0.0486. The Morgan fingerprint density at radius 3 is 2.50 bits per heavy atom. The second-order valence-electron chi connectivity index (χ2n) is 4.68. The van der Waals surface area contributed by atoms with Gasteiger partial charge in [0.2, 0.25) is 0 Å². The van der Waals surface area contributed by atoms with Crippen molar-refractivity contribution in [3.63, 3.8) is 0 Å². The van der Waals surface area contributed by atoms with Crippen molar-refractivity contribution in [3.05, 3.63) is 33.8 Å². The number of benzene rings is 1. The number of hydrogen-bond acceptors (Lipinski definition) is 2. The highest BCUT2D eigenvalue weighted by atomic mass is 79.9. The van der Waals surface area contributed by atoms with E-state index in [-0.39, 0.29) is 17.9 Å². The van der Waals surface area contributed by atoms with Crippen molar-refractivity contribution in [2.45, 2.75) is 38.4 Å². The lowest BCUT2D eigenvalue weighted by Crippen LogP contribution is -2.27. The van der Waals surface area contributed by atoms with Gasteiger partial charge >= 0.3 is 0 Å². The highest BCUT2D eigenvalue weighted by molar-refractivity contribution is 9.10. The Hall–Kier alpha value is -0.380. The summed E-state index contributed by atoms with van der Waals surface area (Å²) in [7, 11) is 0. The maximum Gasteiger partial charge on any atom is 0.0584 e. The van der Waals surface area contributed by atoms with Gasteiger partial charge in [-0.2, -0.15) is 0 Å². The first-order chi connectivity index (χ1) is 7.52. The topological polar surface area (TPSA) is 40.5 Å². The summed E-state index contributed by atoms with van der Waals surface area (Å²) in [6, 6.07) is 6.06. The van der Waals surface area contributed by atoms with E-state index < -0.39 is 6.10 Å². The van der Waals surface area contributed by atoms with E-state index in [0.29, 0.717) is 0 Å². The number of aliphatic hydroxyl groups is 2. The summed E-state index contributed by atoms with van der Waals surface area (Å²) < 4.78 is 1.08. The monoisotopic (exact) mass is 284 g/mol. The second kappa shape index (κ2) is 4.47. The highest BCUT2D eigenvalue weighted by Gasteiger charge is 2.38. The first-order valence-corrected chi connectivity index (χ1v) is 6.45. The third-order valence-corrected chi connectivity index (χ3v) is 4.30. The SMILES string of the molecule is CC(O)[C@@H]1Cc2c(Br)cccc2[C@H]1C(C)O. The molecule has 1 aromatic rings. The molecule has 0 amide bonds. The van der Waals surface area contributed by atoms with Gasteiger partial charge in [-0.05, 0) is 43.4 Å². The number of rotatable bonds is 2. The van der Waals surface area contributed by atoms with Gasteiger partial charge in [-0.15, -0.1) is 0 Å². The summed E-state index contributed by atoms with van der Waals surface area (Å²) in [5.41, 5.74) is 2.41. The normalized spacial score (nSPS) is 27.6. The van der Waals surface area contributed by atoms with Gasteiger partial charge in [-0.3, -0.25) is 0 Å². The third-order valence-electron chi connectivity index (χ3n) is 3.55. The molecular weight excluding hydrogens is 268 g/mol. The van der Waals surface area contributed by atoms with Crippen LogP contribution in [0.1, 0.15) is 30.9 Å². The van der Waals surface area contributed by atoms with Gasteiger partial charge in [0.05, 0.1) is 12.2 Å². The van der Waals surface area contributed by atoms with E-state index in [0.717, 1.165) is 10.9 Å². The molecule has 0 fully saturated rings. The van der Waals surface area contributed by atoms with Gasteiger partial charge in [0.25, 0.3) is 0 Å². The van der Waals surface area contributed by atoms with Crippen molar-refractivity contribution in [1.82, 2.24) is 0 Å². The average Bonchev–Trinajstić information content (AvgIpc) is 2.58. The van der Waals surface area contributed by atoms with E-state index in [1.54, 1.807) is 13.8 Å². The van der Waals surface area contributed by atoms with Crippen LogP contribution in [0.15, 0.2) is 22.7 Å². The molecular formula is C13H17BrO2. The minimum Gasteiger partial charge on any atom is -0.393 e. The second-order valence-corrected chi connectivity index (χ2v) is 5.54. The van der Waals surface area contributed by atoms with Crippen LogP contribution in [0.25, 0.3) is 0 Å². The van der Waals surface area contributed by atoms with Crippen molar-refractivity contribution in [2.24, 2.45) is 5.92 Å². The summed E-state index contributed by atoms with van der Waals surface area (Å²) in [6.07, 6.45) is 0.0262. The predicted octanol–water partition coefficient (Wildman–Crippen LogP) is 2.47. The summed E-state index contributed by atoms with van der Waals surface area (Å²) >= 11 is 3.54. The van der Waals surface area contributed by atoms with Gasteiger partial charge in [-0.25, -0.2) is 0 Å². The molecule has 0 spiro atoms. The molecule has 16 heavy (non-hydrogen) atoms. The van der Waals surface area contributed by atoms with E-state index in [4.69, 9.17) is 0 Å². The zero-order valence-electron chi connectivity index (χ0n) is 9.52. The van der Waals surface area contributed by atoms with Gasteiger partial charge in [0.15, 0.2) is 0 Å². The van der Waals surface area contributed by atoms with Crippen molar-refractivity contribution < 1.29 is 10.2 Å². The smallest absolute Gasteiger partial charge is 0.0584 e. The lowest BCUT2D eigenvalue weighted by molar-refractivity contribution is 0.0656. The number of fused-ring (bicyclic) bond motifs is 1. The molecule has 2 rings (SSSR count). The third kappa shape index (κ3) is 1.92. The van der Waals surface area contributed by atoms with Crippen LogP contribution in [-0.2, 0) is 6.42 Å². The molecule has 1 aliphatic carbocycles. The zero-order valence-corrected chi connectivity index (χ0v) is 11.1. The summed E-state index contributed by atoms with van der Waals surface area (Å²) in [4.78, 5) is 0. The molecule has 2 unspecified atom stereocenters. The number of aliphatic hydroxyl groups excluding tert-OH is 2. The first kappa shape index (κ1) is 12.1. The van der Waals surface area contributed by atoms with Gasteiger partial charge in [-0.1, -0.05) is 28.1 Å². The molecule has 1 aliphatic rings. The highest BCUT2D eigenvalue weighted by Crippen LogP contribution is 2.44. The Morgan fingerprint density at radius 1 is 1.25 bits per heavy atom. The Bertz CT molecular complexity index is 388. The van der Waals surface area contributed by atoms with Crippen LogP contribution in [0.3, 0.4) is 0 Å².